The Morgan fingerprint density at radius 1 is 1.05 bits per heavy atom. The van der Waals surface area contributed by atoms with Gasteiger partial charge in [0.2, 0.25) is 0 Å². The van der Waals surface area contributed by atoms with Crippen LogP contribution >= 0.6 is 0 Å². The number of hydrogen-bond acceptors (Lipinski definition) is 2. The Morgan fingerprint density at radius 3 is 2.11 bits per heavy atom. The monoisotopic (exact) mass is 264 g/mol. The zero-order chi connectivity index (χ0) is 14.5. The Hall–Kier alpha value is -1.55. The molecule has 1 unspecified atom stereocenters. The number of urea groups is 1. The second-order valence-electron chi connectivity index (χ2n) is 6.24. The van der Waals surface area contributed by atoms with E-state index in [1.54, 1.807) is 6.92 Å². The summed E-state index contributed by atoms with van der Waals surface area (Å²) in [5, 5.41) is 15.8. The lowest BCUT2D eigenvalue weighted by atomic mass is 9.96. The van der Waals surface area contributed by atoms with Gasteiger partial charge < -0.3 is 15.7 Å². The summed E-state index contributed by atoms with van der Waals surface area (Å²) in [6.07, 6.45) is 0. The molecule has 0 aliphatic heterocycles. The third-order valence-corrected chi connectivity index (χ3v) is 2.77. The van der Waals surface area contributed by atoms with Gasteiger partial charge in [0, 0.05) is 6.54 Å². The molecule has 0 spiro atoms. The Kier molecular flexibility index (Phi) is 4.95. The first-order valence-corrected chi connectivity index (χ1v) is 6.50. The fraction of sp³-hybridized carbons (Fsp3) is 0.533. The van der Waals surface area contributed by atoms with Crippen molar-refractivity contribution in [3.8, 4) is 0 Å². The molecule has 0 aliphatic rings. The van der Waals surface area contributed by atoms with E-state index in [-0.39, 0.29) is 18.0 Å². The Morgan fingerprint density at radius 2 is 1.58 bits per heavy atom. The molecule has 0 saturated carbocycles. The van der Waals surface area contributed by atoms with Gasteiger partial charge in [0.15, 0.2) is 0 Å². The fourth-order valence-electron chi connectivity index (χ4n) is 1.56. The van der Waals surface area contributed by atoms with Crippen LogP contribution < -0.4 is 10.6 Å². The number of benzene rings is 1. The molecule has 19 heavy (non-hydrogen) atoms. The van der Waals surface area contributed by atoms with Gasteiger partial charge in [0.05, 0.1) is 6.54 Å². The molecule has 0 fully saturated rings. The fourth-order valence-corrected chi connectivity index (χ4v) is 1.56. The maximum absolute atomic E-state index is 11.6. The molecule has 0 aliphatic carbocycles. The van der Waals surface area contributed by atoms with Gasteiger partial charge in [0.1, 0.15) is 5.60 Å². The molecule has 3 N–H and O–H groups in total. The molecule has 0 saturated heterocycles. The molecule has 2 amide bonds. The van der Waals surface area contributed by atoms with Crippen molar-refractivity contribution in [2.24, 2.45) is 5.41 Å². The van der Waals surface area contributed by atoms with Crippen LogP contribution in [0.5, 0.6) is 0 Å². The normalized spacial score (nSPS) is 14.6. The topological polar surface area (TPSA) is 61.4 Å². The number of carbonyl (C=O) groups is 1. The number of amides is 2. The first-order chi connectivity index (χ1) is 8.71. The van der Waals surface area contributed by atoms with E-state index in [9.17, 15) is 9.90 Å². The van der Waals surface area contributed by atoms with E-state index in [0.29, 0.717) is 6.54 Å². The van der Waals surface area contributed by atoms with Crippen LogP contribution in [0.15, 0.2) is 30.3 Å². The molecule has 4 nitrogen and oxygen atoms in total. The lowest BCUT2D eigenvalue weighted by molar-refractivity contribution is 0.0593. The van der Waals surface area contributed by atoms with Crippen molar-refractivity contribution in [2.75, 3.05) is 13.1 Å². The minimum atomic E-state index is -1.07. The van der Waals surface area contributed by atoms with Crippen LogP contribution in [0, 0.1) is 5.41 Å². The summed E-state index contributed by atoms with van der Waals surface area (Å²) < 4.78 is 0. The molecule has 0 aromatic heterocycles. The highest BCUT2D eigenvalue weighted by atomic mass is 16.3. The van der Waals surface area contributed by atoms with Crippen LogP contribution in [0.1, 0.15) is 33.3 Å². The van der Waals surface area contributed by atoms with E-state index < -0.39 is 5.60 Å². The molecular weight excluding hydrogens is 240 g/mol. The van der Waals surface area contributed by atoms with Crippen molar-refractivity contribution in [1.82, 2.24) is 10.6 Å². The standard InChI is InChI=1S/C15H24N2O2/c1-14(2,3)10-16-13(18)17-11-15(4,19)12-8-6-5-7-9-12/h5-9,19H,10-11H2,1-4H3,(H2,16,17,18). The summed E-state index contributed by atoms with van der Waals surface area (Å²) in [5.74, 6) is 0. The minimum absolute atomic E-state index is 0.0410. The van der Waals surface area contributed by atoms with E-state index in [2.05, 4.69) is 10.6 Å². The average Bonchev–Trinajstić information content (AvgIpc) is 2.34. The van der Waals surface area contributed by atoms with E-state index in [1.165, 1.54) is 0 Å². The summed E-state index contributed by atoms with van der Waals surface area (Å²) in [6.45, 7) is 8.60. The summed E-state index contributed by atoms with van der Waals surface area (Å²) in [5.41, 5.74) is -0.245. The van der Waals surface area contributed by atoms with Gasteiger partial charge in [0.25, 0.3) is 0 Å². The molecule has 0 bridgehead atoms. The Labute approximate surface area is 115 Å². The second-order valence-corrected chi connectivity index (χ2v) is 6.24. The largest absolute Gasteiger partial charge is 0.384 e. The van der Waals surface area contributed by atoms with Gasteiger partial charge in [-0.3, -0.25) is 0 Å². The molecular formula is C15H24N2O2. The Bertz CT molecular complexity index is 408. The van der Waals surface area contributed by atoms with Gasteiger partial charge >= 0.3 is 6.03 Å². The second kappa shape index (κ2) is 6.06. The van der Waals surface area contributed by atoms with E-state index in [4.69, 9.17) is 0 Å². The van der Waals surface area contributed by atoms with Crippen molar-refractivity contribution in [3.05, 3.63) is 35.9 Å². The SMILES string of the molecule is CC(C)(C)CNC(=O)NCC(C)(O)c1ccccc1. The van der Waals surface area contributed by atoms with Crippen molar-refractivity contribution >= 4 is 6.03 Å². The smallest absolute Gasteiger partial charge is 0.314 e. The van der Waals surface area contributed by atoms with E-state index in [1.807, 2.05) is 51.1 Å². The number of nitrogens with one attached hydrogen (secondary N) is 2. The predicted octanol–water partition coefficient (Wildman–Crippen LogP) is 2.24. The van der Waals surface area contributed by atoms with Crippen molar-refractivity contribution in [1.29, 1.82) is 0 Å². The summed E-state index contributed by atoms with van der Waals surface area (Å²) in [4.78, 5) is 11.6. The van der Waals surface area contributed by atoms with Crippen LogP contribution in [-0.2, 0) is 5.60 Å². The molecule has 1 rings (SSSR count). The molecule has 1 aromatic carbocycles. The van der Waals surface area contributed by atoms with Crippen molar-refractivity contribution < 1.29 is 9.90 Å². The van der Waals surface area contributed by atoms with Crippen molar-refractivity contribution in [2.45, 2.75) is 33.3 Å². The van der Waals surface area contributed by atoms with Gasteiger partial charge in [-0.05, 0) is 17.9 Å². The maximum atomic E-state index is 11.6. The number of hydrogen-bond donors (Lipinski definition) is 3. The highest BCUT2D eigenvalue weighted by Gasteiger charge is 2.23. The van der Waals surface area contributed by atoms with Gasteiger partial charge in [-0.25, -0.2) is 4.79 Å². The van der Waals surface area contributed by atoms with E-state index >= 15 is 0 Å². The molecule has 4 heteroatoms. The van der Waals surface area contributed by atoms with Crippen LogP contribution in [-0.4, -0.2) is 24.2 Å². The van der Waals surface area contributed by atoms with Gasteiger partial charge in [-0.1, -0.05) is 51.1 Å². The third kappa shape index (κ3) is 5.75. The van der Waals surface area contributed by atoms with Crippen LogP contribution in [0.3, 0.4) is 0 Å². The van der Waals surface area contributed by atoms with Crippen LogP contribution in [0.2, 0.25) is 0 Å². The first-order valence-electron chi connectivity index (χ1n) is 6.50. The zero-order valence-electron chi connectivity index (χ0n) is 12.2. The zero-order valence-corrected chi connectivity index (χ0v) is 12.2. The highest BCUT2D eigenvalue weighted by Crippen LogP contribution is 2.18. The lowest BCUT2D eigenvalue weighted by Gasteiger charge is -2.25. The quantitative estimate of drug-likeness (QED) is 0.781. The summed E-state index contributed by atoms with van der Waals surface area (Å²) >= 11 is 0. The minimum Gasteiger partial charge on any atom is -0.384 e. The number of aliphatic hydroxyl groups is 1. The average molecular weight is 264 g/mol. The predicted molar refractivity (Wildman–Crippen MR) is 76.9 cm³/mol. The molecule has 0 radical (unpaired) electrons. The lowest BCUT2D eigenvalue weighted by Crippen LogP contribution is -2.45. The third-order valence-electron chi connectivity index (χ3n) is 2.77. The summed E-state index contributed by atoms with van der Waals surface area (Å²) in [7, 11) is 0. The molecule has 1 atom stereocenters. The van der Waals surface area contributed by atoms with Crippen LogP contribution in [0.4, 0.5) is 4.79 Å². The first kappa shape index (κ1) is 15.5. The number of carbonyl (C=O) groups excluding carboxylic acids is 1. The highest BCUT2D eigenvalue weighted by molar-refractivity contribution is 5.73. The molecule has 1 aromatic rings. The van der Waals surface area contributed by atoms with Gasteiger partial charge in [-0.15, -0.1) is 0 Å². The van der Waals surface area contributed by atoms with Crippen LogP contribution in [0.25, 0.3) is 0 Å². The van der Waals surface area contributed by atoms with E-state index in [0.717, 1.165) is 5.56 Å². The number of rotatable bonds is 4. The van der Waals surface area contributed by atoms with Gasteiger partial charge in [-0.2, -0.15) is 0 Å². The van der Waals surface area contributed by atoms with Crippen molar-refractivity contribution in [3.63, 3.8) is 0 Å². The molecule has 0 heterocycles. The maximum Gasteiger partial charge on any atom is 0.314 e. The summed E-state index contributed by atoms with van der Waals surface area (Å²) in [6, 6.07) is 9.05. The molecule has 106 valence electrons. The Balaban J connectivity index is 2.45.